The molecule has 0 heterocycles. The molecule has 0 aliphatic carbocycles. The van der Waals surface area contributed by atoms with Gasteiger partial charge >= 0.3 is 0 Å². The van der Waals surface area contributed by atoms with Crippen molar-refractivity contribution in [1.82, 2.24) is 0 Å². The summed E-state index contributed by atoms with van der Waals surface area (Å²) in [6.45, 7) is 6.94. The number of rotatable bonds is 10. The van der Waals surface area contributed by atoms with E-state index in [-0.39, 0.29) is 5.48 Å². The molecule has 0 atom stereocenters. The molecule has 0 aromatic carbocycles. The summed E-state index contributed by atoms with van der Waals surface area (Å²) in [5.41, 5.74) is 0.571. The summed E-state index contributed by atoms with van der Waals surface area (Å²) in [5.74, 6) is 0. The van der Waals surface area contributed by atoms with Crippen LogP contribution in [0.5, 0.6) is 0 Å². The zero-order valence-electron chi connectivity index (χ0n) is 12.8. The first-order valence-corrected chi connectivity index (χ1v) is 7.43. The smallest absolute Gasteiger partial charge is 0.0972 e. The minimum atomic E-state index is 0. The van der Waals surface area contributed by atoms with E-state index in [0.717, 1.165) is 0 Å². The molecule has 0 aliphatic heterocycles. The van der Waals surface area contributed by atoms with Crippen molar-refractivity contribution in [3.8, 4) is 0 Å². The van der Waals surface area contributed by atoms with Crippen LogP contribution in [0.3, 0.4) is 0 Å². The van der Waals surface area contributed by atoms with E-state index >= 15 is 0 Å². The highest BCUT2D eigenvalue weighted by atomic mass is 16.0. The molecule has 2 heteroatoms. The van der Waals surface area contributed by atoms with Gasteiger partial charge in [0.15, 0.2) is 0 Å². The van der Waals surface area contributed by atoms with Crippen molar-refractivity contribution in [3.05, 3.63) is 0 Å². The standard InChI is InChI=1S/C15H33N.H2O/c1-6-9-12-15(16(4)5,13-10-7-2)14-11-8-3;/h6-14H2,1-5H3;1H2. The number of hydrogen-bond acceptors (Lipinski definition) is 1. The Bertz CT molecular complexity index is 135. The van der Waals surface area contributed by atoms with Crippen LogP contribution in [0, 0.1) is 0 Å². The van der Waals surface area contributed by atoms with E-state index in [9.17, 15) is 0 Å². The van der Waals surface area contributed by atoms with Gasteiger partial charge in [-0.2, -0.15) is 0 Å². The van der Waals surface area contributed by atoms with E-state index < -0.39 is 0 Å². The van der Waals surface area contributed by atoms with Gasteiger partial charge in [0.05, 0.1) is 19.6 Å². The molecule has 17 heavy (non-hydrogen) atoms. The van der Waals surface area contributed by atoms with Crippen LogP contribution in [0.2, 0.25) is 0 Å². The molecule has 2 N–H and O–H groups in total. The van der Waals surface area contributed by atoms with Crippen LogP contribution in [0.25, 0.3) is 0 Å². The summed E-state index contributed by atoms with van der Waals surface area (Å²) in [7, 11) is 4.72. The molecule has 0 saturated carbocycles. The highest BCUT2D eigenvalue weighted by Crippen LogP contribution is 2.24. The van der Waals surface area contributed by atoms with Crippen LogP contribution in [-0.4, -0.2) is 25.1 Å². The Hall–Kier alpha value is -0.0800. The summed E-state index contributed by atoms with van der Waals surface area (Å²) in [5, 5.41) is 0. The van der Waals surface area contributed by atoms with Crippen molar-refractivity contribution in [2.75, 3.05) is 14.1 Å². The molecule has 0 saturated heterocycles. The largest absolute Gasteiger partial charge is 0.870 e. The molecule has 0 aromatic heterocycles. The van der Waals surface area contributed by atoms with E-state index in [1.54, 1.807) is 4.90 Å². The second-order valence-electron chi connectivity index (χ2n) is 5.59. The highest BCUT2D eigenvalue weighted by Gasteiger charge is 2.34. The number of unbranched alkanes of at least 4 members (excludes halogenated alkanes) is 3. The van der Waals surface area contributed by atoms with Gasteiger partial charge in [-0.1, -0.05) is 40.0 Å². The zero-order valence-corrected chi connectivity index (χ0v) is 12.8. The van der Waals surface area contributed by atoms with Gasteiger partial charge in [-0.25, -0.2) is 0 Å². The lowest BCUT2D eigenvalue weighted by molar-refractivity contribution is -0.917. The molecular weight excluding hydrogens is 210 g/mol. The predicted octanol–water partition coefficient (Wildman–Crippen LogP) is 3.26. The SMILES string of the molecule is CCCCC(CCCC)(CCCC)[NH+](C)C.[OH-]. The average molecular weight is 245 g/mol. The Morgan fingerprint density at radius 1 is 0.706 bits per heavy atom. The average Bonchev–Trinajstić information content (AvgIpc) is 2.28. The van der Waals surface area contributed by atoms with Crippen LogP contribution in [-0.2, 0) is 0 Å². The fourth-order valence-corrected chi connectivity index (χ4v) is 2.67. The molecule has 0 fully saturated rings. The molecule has 0 rings (SSSR count). The van der Waals surface area contributed by atoms with Crippen molar-refractivity contribution in [2.24, 2.45) is 0 Å². The molecule has 0 spiro atoms. The molecular formula is C15H35NO. The Kier molecular flexibility index (Phi) is 12.5. The van der Waals surface area contributed by atoms with Gasteiger partial charge < -0.3 is 10.4 Å². The second kappa shape index (κ2) is 11.0. The zero-order chi connectivity index (χ0) is 12.4. The van der Waals surface area contributed by atoms with Gasteiger partial charge in [0.2, 0.25) is 0 Å². The predicted molar refractivity (Wildman–Crippen MR) is 76.1 cm³/mol. The van der Waals surface area contributed by atoms with Gasteiger partial charge in [0, 0.05) is 19.3 Å². The number of quaternary nitrogens is 1. The first-order valence-electron chi connectivity index (χ1n) is 7.43. The van der Waals surface area contributed by atoms with Crippen molar-refractivity contribution in [3.63, 3.8) is 0 Å². The van der Waals surface area contributed by atoms with Gasteiger partial charge in [-0.15, -0.1) is 0 Å². The topological polar surface area (TPSA) is 34.4 Å². The van der Waals surface area contributed by atoms with E-state index in [0.29, 0.717) is 5.54 Å². The Morgan fingerprint density at radius 2 is 1.00 bits per heavy atom. The van der Waals surface area contributed by atoms with Crippen LogP contribution < -0.4 is 4.90 Å². The monoisotopic (exact) mass is 245 g/mol. The Morgan fingerprint density at radius 3 is 1.18 bits per heavy atom. The summed E-state index contributed by atoms with van der Waals surface area (Å²) in [4.78, 5) is 1.68. The fourth-order valence-electron chi connectivity index (χ4n) is 2.67. The minimum absolute atomic E-state index is 0. The maximum absolute atomic E-state index is 2.36. The van der Waals surface area contributed by atoms with Gasteiger partial charge in [-0.3, -0.25) is 0 Å². The molecule has 2 nitrogen and oxygen atoms in total. The van der Waals surface area contributed by atoms with E-state index in [2.05, 4.69) is 34.9 Å². The van der Waals surface area contributed by atoms with Gasteiger partial charge in [0.25, 0.3) is 0 Å². The van der Waals surface area contributed by atoms with Gasteiger partial charge in [0.1, 0.15) is 0 Å². The maximum atomic E-state index is 2.36. The van der Waals surface area contributed by atoms with E-state index in [4.69, 9.17) is 0 Å². The number of hydrogen-bond donors (Lipinski definition) is 1. The summed E-state index contributed by atoms with van der Waals surface area (Å²) in [6.07, 6.45) is 12.5. The second-order valence-corrected chi connectivity index (χ2v) is 5.59. The van der Waals surface area contributed by atoms with Crippen molar-refractivity contribution >= 4 is 0 Å². The molecule has 0 amide bonds. The molecule has 0 bridgehead atoms. The normalized spacial score (nSPS) is 11.6. The van der Waals surface area contributed by atoms with E-state index in [1.807, 2.05) is 0 Å². The first kappa shape index (κ1) is 19.3. The third-order valence-electron chi connectivity index (χ3n) is 4.09. The van der Waals surface area contributed by atoms with Gasteiger partial charge in [-0.05, 0) is 19.3 Å². The molecule has 0 unspecified atom stereocenters. The lowest BCUT2D eigenvalue weighted by Gasteiger charge is -2.37. The number of nitrogens with one attached hydrogen (secondary N) is 1. The van der Waals surface area contributed by atoms with Crippen LogP contribution in [0.1, 0.15) is 78.6 Å². The third kappa shape index (κ3) is 7.05. The summed E-state index contributed by atoms with van der Waals surface area (Å²) < 4.78 is 0. The van der Waals surface area contributed by atoms with Crippen molar-refractivity contribution < 1.29 is 10.4 Å². The van der Waals surface area contributed by atoms with Crippen molar-refractivity contribution in [2.45, 2.75) is 84.1 Å². The summed E-state index contributed by atoms with van der Waals surface area (Å²) >= 11 is 0. The first-order chi connectivity index (χ1) is 7.63. The maximum Gasteiger partial charge on any atom is 0.0972 e. The summed E-state index contributed by atoms with van der Waals surface area (Å²) in [6, 6.07) is 0. The molecule has 106 valence electrons. The lowest BCUT2D eigenvalue weighted by atomic mass is 9.81. The Labute approximate surface area is 109 Å². The molecule has 0 radical (unpaired) electrons. The van der Waals surface area contributed by atoms with E-state index in [1.165, 1.54) is 57.8 Å². The minimum Gasteiger partial charge on any atom is -0.870 e. The van der Waals surface area contributed by atoms with Crippen LogP contribution in [0.4, 0.5) is 0 Å². The van der Waals surface area contributed by atoms with Crippen LogP contribution in [0.15, 0.2) is 0 Å². The Balaban J connectivity index is 0. The van der Waals surface area contributed by atoms with Crippen molar-refractivity contribution in [1.29, 1.82) is 0 Å². The third-order valence-corrected chi connectivity index (χ3v) is 4.09. The quantitative estimate of drug-likeness (QED) is 0.630. The molecule has 0 aliphatic rings. The lowest BCUT2D eigenvalue weighted by Crippen LogP contribution is -3.15. The molecule has 0 aromatic rings. The fraction of sp³-hybridized carbons (Fsp3) is 1.00. The van der Waals surface area contributed by atoms with Crippen LogP contribution >= 0.6 is 0 Å². The highest BCUT2D eigenvalue weighted by molar-refractivity contribution is 4.78.